The van der Waals surface area contributed by atoms with Crippen molar-refractivity contribution >= 4 is 22.9 Å². The molecule has 6 nitrogen and oxygen atoms in total. The number of rotatable bonds is 4. The molecule has 0 unspecified atom stereocenters. The number of nitrogens with zero attached hydrogens (tertiary/aromatic N) is 3. The molecule has 2 aromatic heterocycles. The summed E-state index contributed by atoms with van der Waals surface area (Å²) in [7, 11) is 0. The Hall–Kier alpha value is -2.63. The summed E-state index contributed by atoms with van der Waals surface area (Å²) in [6.45, 7) is 0. The molecule has 0 radical (unpaired) electrons. The Morgan fingerprint density at radius 3 is 2.55 bits per heavy atom. The summed E-state index contributed by atoms with van der Waals surface area (Å²) in [6, 6.07) is 10.4. The highest BCUT2D eigenvalue weighted by atomic mass is 15.1. The Kier molecular flexibility index (Phi) is 3.20. The molecule has 0 aliphatic rings. The van der Waals surface area contributed by atoms with E-state index in [1.807, 2.05) is 6.07 Å². The Bertz CT molecular complexity index is 719. The molecule has 3 aromatic rings. The lowest BCUT2D eigenvalue weighted by Gasteiger charge is -1.99. The topological polar surface area (TPSA) is 106 Å². The predicted octanol–water partition coefficient (Wildman–Crippen LogP) is 1.69. The fraction of sp³-hybridized carbons (Fsp3) is 0.214. The summed E-state index contributed by atoms with van der Waals surface area (Å²) < 4.78 is 0. The van der Waals surface area contributed by atoms with Crippen LogP contribution in [0.15, 0.2) is 30.3 Å². The molecule has 102 valence electrons. The van der Waals surface area contributed by atoms with Crippen molar-refractivity contribution < 1.29 is 0 Å². The molecule has 0 fully saturated rings. The number of nitrogen functional groups attached to an aromatic ring is 2. The van der Waals surface area contributed by atoms with E-state index < -0.39 is 0 Å². The largest absolute Gasteiger partial charge is 0.382 e. The quantitative estimate of drug-likeness (QED) is 0.667. The second-order valence-electron chi connectivity index (χ2n) is 4.69. The first-order valence-electron chi connectivity index (χ1n) is 6.54. The van der Waals surface area contributed by atoms with E-state index in [9.17, 15) is 0 Å². The summed E-state index contributed by atoms with van der Waals surface area (Å²) in [5.74, 6) is 1.34. The summed E-state index contributed by atoms with van der Waals surface area (Å²) >= 11 is 0. The van der Waals surface area contributed by atoms with Crippen LogP contribution in [0.3, 0.4) is 0 Å². The summed E-state index contributed by atoms with van der Waals surface area (Å²) in [4.78, 5) is 15.6. The Balaban J connectivity index is 1.70. The number of aromatic nitrogens is 4. The van der Waals surface area contributed by atoms with Gasteiger partial charge in [-0.2, -0.15) is 9.97 Å². The number of anilines is 2. The van der Waals surface area contributed by atoms with Crippen molar-refractivity contribution in [1.82, 2.24) is 19.9 Å². The number of hydrogen-bond donors (Lipinski definition) is 3. The first kappa shape index (κ1) is 12.4. The molecule has 0 aliphatic carbocycles. The maximum absolute atomic E-state index is 5.78. The fourth-order valence-electron chi connectivity index (χ4n) is 2.21. The van der Waals surface area contributed by atoms with E-state index in [-0.39, 0.29) is 5.95 Å². The van der Waals surface area contributed by atoms with Crippen molar-refractivity contribution in [3.8, 4) is 0 Å². The molecule has 5 N–H and O–H groups in total. The Labute approximate surface area is 116 Å². The van der Waals surface area contributed by atoms with Gasteiger partial charge in [0.2, 0.25) is 5.95 Å². The van der Waals surface area contributed by atoms with Gasteiger partial charge in [-0.15, -0.1) is 0 Å². The molecule has 0 bridgehead atoms. The van der Waals surface area contributed by atoms with Crippen LogP contribution in [0.4, 0.5) is 11.8 Å². The highest BCUT2D eigenvalue weighted by molar-refractivity contribution is 5.82. The van der Waals surface area contributed by atoms with Crippen LogP contribution in [0.1, 0.15) is 17.8 Å². The lowest BCUT2D eigenvalue weighted by atomic mass is 10.1. The van der Waals surface area contributed by atoms with Gasteiger partial charge in [0.15, 0.2) is 11.5 Å². The minimum atomic E-state index is 0.162. The van der Waals surface area contributed by atoms with Crippen molar-refractivity contribution in [2.24, 2.45) is 0 Å². The van der Waals surface area contributed by atoms with Gasteiger partial charge in [-0.25, -0.2) is 4.98 Å². The van der Waals surface area contributed by atoms with E-state index >= 15 is 0 Å². The average molecular weight is 268 g/mol. The van der Waals surface area contributed by atoms with E-state index in [0.29, 0.717) is 17.0 Å². The highest BCUT2D eigenvalue weighted by Crippen LogP contribution is 2.17. The van der Waals surface area contributed by atoms with E-state index in [1.54, 1.807) is 0 Å². The number of aryl methyl sites for hydroxylation is 2. The molecular weight excluding hydrogens is 252 g/mol. The maximum atomic E-state index is 5.78. The zero-order valence-corrected chi connectivity index (χ0v) is 11.0. The highest BCUT2D eigenvalue weighted by Gasteiger charge is 2.09. The van der Waals surface area contributed by atoms with Crippen molar-refractivity contribution in [1.29, 1.82) is 0 Å². The number of nitrogens with two attached hydrogens (primary N) is 2. The van der Waals surface area contributed by atoms with Gasteiger partial charge in [0, 0.05) is 6.42 Å². The van der Waals surface area contributed by atoms with Gasteiger partial charge in [-0.3, -0.25) is 0 Å². The van der Waals surface area contributed by atoms with E-state index in [4.69, 9.17) is 11.5 Å². The lowest BCUT2D eigenvalue weighted by Crippen LogP contribution is -1.99. The van der Waals surface area contributed by atoms with Crippen LogP contribution >= 0.6 is 0 Å². The summed E-state index contributed by atoms with van der Waals surface area (Å²) in [6.07, 6.45) is 2.86. The number of nitrogens with one attached hydrogen (secondary N) is 1. The molecule has 0 saturated carbocycles. The molecule has 3 rings (SSSR count). The Morgan fingerprint density at radius 1 is 0.950 bits per heavy atom. The number of fused-ring (bicyclic) bond motifs is 1. The van der Waals surface area contributed by atoms with E-state index in [0.717, 1.165) is 25.1 Å². The third kappa shape index (κ3) is 2.54. The Morgan fingerprint density at radius 2 is 1.75 bits per heavy atom. The standard InChI is InChI=1S/C14H16N6/c15-12-11-13(20-14(16)19-12)18-10(17-11)8-4-7-9-5-2-1-3-6-9/h1-3,5-6H,4,7-8H2,(H5,15,16,17,18,19,20). The first-order valence-corrected chi connectivity index (χ1v) is 6.54. The van der Waals surface area contributed by atoms with Gasteiger partial charge in [0.25, 0.3) is 0 Å². The van der Waals surface area contributed by atoms with Crippen molar-refractivity contribution in [2.75, 3.05) is 11.5 Å². The molecule has 6 heteroatoms. The number of H-pyrrole nitrogens is 1. The third-order valence-corrected chi connectivity index (χ3v) is 3.16. The van der Waals surface area contributed by atoms with Crippen LogP contribution in [0, 0.1) is 0 Å². The van der Waals surface area contributed by atoms with E-state index in [2.05, 4.69) is 44.2 Å². The van der Waals surface area contributed by atoms with Crippen LogP contribution < -0.4 is 11.5 Å². The van der Waals surface area contributed by atoms with Crippen LogP contribution in [0.5, 0.6) is 0 Å². The van der Waals surface area contributed by atoms with Crippen molar-refractivity contribution in [3.63, 3.8) is 0 Å². The molecule has 0 amide bonds. The number of hydrogen-bond acceptors (Lipinski definition) is 5. The summed E-state index contributed by atoms with van der Waals surface area (Å²) in [5, 5.41) is 0. The molecule has 0 spiro atoms. The smallest absolute Gasteiger partial charge is 0.224 e. The normalized spacial score (nSPS) is 11.0. The number of aromatic amines is 1. The number of imidazole rings is 1. The second-order valence-corrected chi connectivity index (χ2v) is 4.69. The van der Waals surface area contributed by atoms with Crippen LogP contribution in [0.25, 0.3) is 11.2 Å². The summed E-state index contributed by atoms with van der Waals surface area (Å²) in [5.41, 5.74) is 13.9. The minimum Gasteiger partial charge on any atom is -0.382 e. The number of benzene rings is 1. The predicted molar refractivity (Wildman–Crippen MR) is 79.0 cm³/mol. The van der Waals surface area contributed by atoms with Crippen molar-refractivity contribution in [3.05, 3.63) is 41.7 Å². The zero-order valence-electron chi connectivity index (χ0n) is 11.0. The molecule has 1 aromatic carbocycles. The van der Waals surface area contributed by atoms with Crippen LogP contribution in [-0.4, -0.2) is 19.9 Å². The lowest BCUT2D eigenvalue weighted by molar-refractivity contribution is 0.785. The minimum absolute atomic E-state index is 0.162. The van der Waals surface area contributed by atoms with Gasteiger partial charge in [0.05, 0.1) is 0 Å². The molecule has 0 aliphatic heterocycles. The zero-order chi connectivity index (χ0) is 13.9. The molecular formula is C14H16N6. The molecule has 0 saturated heterocycles. The molecule has 0 atom stereocenters. The third-order valence-electron chi connectivity index (χ3n) is 3.16. The SMILES string of the molecule is Nc1nc(N)c2nc(CCCc3ccccc3)[nH]c2n1. The van der Waals surface area contributed by atoms with Gasteiger partial charge >= 0.3 is 0 Å². The van der Waals surface area contributed by atoms with Gasteiger partial charge < -0.3 is 16.5 Å². The van der Waals surface area contributed by atoms with E-state index in [1.165, 1.54) is 5.56 Å². The van der Waals surface area contributed by atoms with Gasteiger partial charge in [-0.05, 0) is 18.4 Å². The van der Waals surface area contributed by atoms with Crippen LogP contribution in [0.2, 0.25) is 0 Å². The average Bonchev–Trinajstić information content (AvgIpc) is 2.83. The molecule has 20 heavy (non-hydrogen) atoms. The monoisotopic (exact) mass is 268 g/mol. The van der Waals surface area contributed by atoms with Gasteiger partial charge in [-0.1, -0.05) is 30.3 Å². The van der Waals surface area contributed by atoms with Gasteiger partial charge in [0.1, 0.15) is 11.3 Å². The van der Waals surface area contributed by atoms with Crippen molar-refractivity contribution in [2.45, 2.75) is 19.3 Å². The fourth-order valence-corrected chi connectivity index (χ4v) is 2.21. The second kappa shape index (κ2) is 5.16. The first-order chi connectivity index (χ1) is 9.72. The maximum Gasteiger partial charge on any atom is 0.224 e. The molecule has 2 heterocycles. The van der Waals surface area contributed by atoms with Crippen LogP contribution in [-0.2, 0) is 12.8 Å².